The third-order valence-corrected chi connectivity index (χ3v) is 3.77. The van der Waals surface area contributed by atoms with Crippen LogP contribution in [0.5, 0.6) is 0 Å². The zero-order chi connectivity index (χ0) is 15.0. The van der Waals surface area contributed by atoms with E-state index in [9.17, 15) is 4.39 Å². The molecule has 0 spiro atoms. The summed E-state index contributed by atoms with van der Waals surface area (Å²) in [5.74, 6) is 0.813. The maximum absolute atomic E-state index is 14.2. The number of hydrogen-bond acceptors (Lipinski definition) is 1. The number of aryl methyl sites for hydroxylation is 2. The van der Waals surface area contributed by atoms with Gasteiger partial charge in [-0.1, -0.05) is 17.7 Å². The summed E-state index contributed by atoms with van der Waals surface area (Å²) in [6.07, 6.45) is 0.557. The first-order valence-corrected chi connectivity index (χ1v) is 7.51. The van der Waals surface area contributed by atoms with Gasteiger partial charge in [0.2, 0.25) is 0 Å². The van der Waals surface area contributed by atoms with Gasteiger partial charge in [-0.3, -0.25) is 4.57 Å². The molecule has 0 aliphatic heterocycles. The van der Waals surface area contributed by atoms with Crippen LogP contribution < -0.4 is 0 Å². The Hall–Kier alpha value is -1.58. The van der Waals surface area contributed by atoms with Crippen molar-refractivity contribution in [3.05, 3.63) is 58.6 Å². The summed E-state index contributed by atoms with van der Waals surface area (Å²) in [5.41, 5.74) is 3.16. The van der Waals surface area contributed by atoms with Gasteiger partial charge in [0, 0.05) is 17.3 Å². The van der Waals surface area contributed by atoms with Crippen molar-refractivity contribution in [2.24, 2.45) is 0 Å². The molecule has 0 saturated carbocycles. The van der Waals surface area contributed by atoms with Crippen molar-refractivity contribution in [3.8, 4) is 5.69 Å². The van der Waals surface area contributed by atoms with Crippen LogP contribution in [0.4, 0.5) is 4.39 Å². The van der Waals surface area contributed by atoms with Crippen molar-refractivity contribution in [1.29, 1.82) is 0 Å². The summed E-state index contributed by atoms with van der Waals surface area (Å²) in [6, 6.07) is 10.4. The average Bonchev–Trinajstić information content (AvgIpc) is 2.79. The van der Waals surface area contributed by atoms with E-state index in [0.29, 0.717) is 23.0 Å². The Labute approximate surface area is 132 Å². The normalized spacial score (nSPS) is 11.2. The number of hydrogen-bond donors (Lipinski definition) is 0. The van der Waals surface area contributed by atoms with Gasteiger partial charge in [-0.05, 0) is 42.8 Å². The highest BCUT2D eigenvalue weighted by atomic mass is 35.5. The number of benzene rings is 2. The van der Waals surface area contributed by atoms with Gasteiger partial charge in [0.15, 0.2) is 0 Å². The van der Waals surface area contributed by atoms with Crippen LogP contribution in [0.25, 0.3) is 16.7 Å². The predicted molar refractivity (Wildman–Crippen MR) is 85.2 cm³/mol. The van der Waals surface area contributed by atoms with Gasteiger partial charge in [-0.25, -0.2) is 9.37 Å². The molecule has 3 aromatic rings. The molecule has 0 unspecified atom stereocenters. The summed E-state index contributed by atoms with van der Waals surface area (Å²) in [5, 5.41) is 0.484. The lowest BCUT2D eigenvalue weighted by molar-refractivity contribution is 0.617. The zero-order valence-corrected chi connectivity index (χ0v) is 12.9. The van der Waals surface area contributed by atoms with Crippen LogP contribution in [-0.4, -0.2) is 15.4 Å². The first-order chi connectivity index (χ1) is 10.1. The molecule has 0 N–H and O–H groups in total. The first-order valence-electron chi connectivity index (χ1n) is 6.59. The lowest BCUT2D eigenvalue weighted by Crippen LogP contribution is -2.04. The highest BCUT2D eigenvalue weighted by molar-refractivity contribution is 6.30. The van der Waals surface area contributed by atoms with Crippen LogP contribution in [-0.2, 0) is 6.42 Å². The SMILES string of the molecule is Cc1ccc2nc(CCCl)n(-c3cc(Cl)ccc3F)c2c1. The molecule has 0 aliphatic carbocycles. The van der Waals surface area contributed by atoms with Gasteiger partial charge in [-0.15, -0.1) is 11.6 Å². The van der Waals surface area contributed by atoms with E-state index >= 15 is 0 Å². The molecule has 21 heavy (non-hydrogen) atoms. The number of nitrogens with zero attached hydrogens (tertiary/aromatic N) is 2. The molecule has 108 valence electrons. The third kappa shape index (κ3) is 2.63. The number of alkyl halides is 1. The van der Waals surface area contributed by atoms with Crippen LogP contribution in [0.2, 0.25) is 5.02 Å². The molecule has 0 fully saturated rings. The van der Waals surface area contributed by atoms with E-state index in [1.165, 1.54) is 12.1 Å². The summed E-state index contributed by atoms with van der Waals surface area (Å²) >= 11 is 11.9. The number of rotatable bonds is 3. The molecular weight excluding hydrogens is 310 g/mol. The van der Waals surface area contributed by atoms with Crippen molar-refractivity contribution in [2.75, 3.05) is 5.88 Å². The van der Waals surface area contributed by atoms with Crippen molar-refractivity contribution in [2.45, 2.75) is 13.3 Å². The molecule has 0 radical (unpaired) electrons. The Morgan fingerprint density at radius 3 is 2.76 bits per heavy atom. The number of imidazole rings is 1. The molecule has 1 heterocycles. The van der Waals surface area contributed by atoms with Gasteiger partial charge >= 0.3 is 0 Å². The van der Waals surface area contributed by atoms with Crippen molar-refractivity contribution >= 4 is 34.2 Å². The second-order valence-corrected chi connectivity index (χ2v) is 5.70. The van der Waals surface area contributed by atoms with Gasteiger partial charge in [0.05, 0.1) is 16.7 Å². The highest BCUT2D eigenvalue weighted by Crippen LogP contribution is 2.27. The Morgan fingerprint density at radius 1 is 1.19 bits per heavy atom. The molecule has 0 atom stereocenters. The van der Waals surface area contributed by atoms with Crippen LogP contribution in [0.15, 0.2) is 36.4 Å². The second-order valence-electron chi connectivity index (χ2n) is 4.89. The molecule has 0 bridgehead atoms. The quantitative estimate of drug-likeness (QED) is 0.626. The Balaban J connectivity index is 2.35. The fourth-order valence-electron chi connectivity index (χ4n) is 2.41. The zero-order valence-electron chi connectivity index (χ0n) is 11.4. The summed E-state index contributed by atoms with van der Waals surface area (Å²) < 4.78 is 16.0. The van der Waals surface area contributed by atoms with Crippen LogP contribution in [0, 0.1) is 12.7 Å². The third-order valence-electron chi connectivity index (χ3n) is 3.35. The molecule has 0 aliphatic rings. The molecule has 0 amide bonds. The minimum atomic E-state index is -0.337. The number of halogens is 3. The predicted octanol–water partition coefficient (Wildman–Crippen LogP) is 4.91. The first kappa shape index (κ1) is 14.4. The molecule has 2 aromatic carbocycles. The Bertz CT molecular complexity index is 811. The van der Waals surface area contributed by atoms with E-state index in [0.717, 1.165) is 22.4 Å². The smallest absolute Gasteiger partial charge is 0.147 e. The summed E-state index contributed by atoms with van der Waals surface area (Å²) in [7, 11) is 0. The van der Waals surface area contributed by atoms with Crippen LogP contribution >= 0.6 is 23.2 Å². The molecule has 5 heteroatoms. The summed E-state index contributed by atoms with van der Waals surface area (Å²) in [4.78, 5) is 4.56. The van der Waals surface area contributed by atoms with Crippen molar-refractivity contribution in [3.63, 3.8) is 0 Å². The Morgan fingerprint density at radius 2 is 2.00 bits per heavy atom. The summed E-state index contributed by atoms with van der Waals surface area (Å²) in [6.45, 7) is 1.99. The maximum Gasteiger partial charge on any atom is 0.147 e. The average molecular weight is 323 g/mol. The fraction of sp³-hybridized carbons (Fsp3) is 0.188. The van der Waals surface area contributed by atoms with Crippen LogP contribution in [0.3, 0.4) is 0 Å². The molecule has 2 nitrogen and oxygen atoms in total. The Kier molecular flexibility index (Phi) is 3.87. The highest BCUT2D eigenvalue weighted by Gasteiger charge is 2.15. The second kappa shape index (κ2) is 5.66. The van der Waals surface area contributed by atoms with E-state index in [-0.39, 0.29) is 5.82 Å². The monoisotopic (exact) mass is 322 g/mol. The standard InChI is InChI=1S/C16H13Cl2FN2/c1-10-2-5-13-15(8-10)21(16(20-13)6-7-17)14-9-11(18)3-4-12(14)19/h2-5,8-9H,6-7H2,1H3. The molecule has 0 saturated heterocycles. The number of fused-ring (bicyclic) bond motifs is 1. The minimum absolute atomic E-state index is 0.337. The van der Waals surface area contributed by atoms with Crippen molar-refractivity contribution in [1.82, 2.24) is 9.55 Å². The van der Waals surface area contributed by atoms with Crippen LogP contribution in [0.1, 0.15) is 11.4 Å². The lowest BCUT2D eigenvalue weighted by atomic mass is 10.2. The number of aromatic nitrogens is 2. The minimum Gasteiger partial charge on any atom is -0.293 e. The van der Waals surface area contributed by atoms with Crippen molar-refractivity contribution < 1.29 is 4.39 Å². The fourth-order valence-corrected chi connectivity index (χ4v) is 2.75. The van der Waals surface area contributed by atoms with E-state index in [4.69, 9.17) is 23.2 Å². The van der Waals surface area contributed by atoms with E-state index in [2.05, 4.69) is 4.98 Å². The van der Waals surface area contributed by atoms with E-state index in [1.54, 1.807) is 10.6 Å². The van der Waals surface area contributed by atoms with Gasteiger partial charge in [0.25, 0.3) is 0 Å². The molecule has 1 aromatic heterocycles. The largest absolute Gasteiger partial charge is 0.293 e. The lowest BCUT2D eigenvalue weighted by Gasteiger charge is -2.10. The molecular formula is C16H13Cl2FN2. The van der Waals surface area contributed by atoms with E-state index in [1.807, 2.05) is 25.1 Å². The van der Waals surface area contributed by atoms with Gasteiger partial charge < -0.3 is 0 Å². The molecule has 3 rings (SSSR count). The topological polar surface area (TPSA) is 17.8 Å². The van der Waals surface area contributed by atoms with E-state index < -0.39 is 0 Å². The van der Waals surface area contributed by atoms with Gasteiger partial charge in [0.1, 0.15) is 11.6 Å². The maximum atomic E-state index is 14.2. The van der Waals surface area contributed by atoms with Gasteiger partial charge in [-0.2, -0.15) is 0 Å².